The average molecular weight is 400 g/mol. The second-order valence-corrected chi connectivity index (χ2v) is 8.00. The van der Waals surface area contributed by atoms with Crippen molar-refractivity contribution in [2.24, 2.45) is 5.92 Å². The molecule has 9 heteroatoms. The van der Waals surface area contributed by atoms with Crippen LogP contribution < -0.4 is 20.3 Å². The third-order valence-corrected chi connectivity index (χ3v) is 6.18. The number of nitrogens with zero attached hydrogens (tertiary/aromatic N) is 2. The van der Waals surface area contributed by atoms with Crippen molar-refractivity contribution in [3.05, 3.63) is 23.8 Å². The number of carbonyl (C=O) groups excluding carboxylic acids is 3. The molecule has 2 saturated heterocycles. The van der Waals surface area contributed by atoms with E-state index in [4.69, 9.17) is 9.47 Å². The predicted octanol–water partition coefficient (Wildman–Crippen LogP) is -0.0272. The summed E-state index contributed by atoms with van der Waals surface area (Å²) in [5.74, 6) is 1.81. The molecule has 3 fully saturated rings. The first kappa shape index (κ1) is 18.2. The summed E-state index contributed by atoms with van der Waals surface area (Å²) in [6.07, 6.45) is 1.71. The summed E-state index contributed by atoms with van der Waals surface area (Å²) in [4.78, 5) is 40.4. The third kappa shape index (κ3) is 3.50. The minimum absolute atomic E-state index is 0.00727. The number of hydrazine groups is 1. The molecule has 3 unspecified atom stereocenters. The molecule has 0 aromatic heterocycles. The number of piperazine rings is 1. The molecule has 154 valence electrons. The average Bonchev–Trinajstić information content (AvgIpc) is 3.42. The van der Waals surface area contributed by atoms with Gasteiger partial charge in [0, 0.05) is 38.5 Å². The van der Waals surface area contributed by atoms with Crippen molar-refractivity contribution in [2.75, 3.05) is 33.0 Å². The van der Waals surface area contributed by atoms with Gasteiger partial charge in [-0.1, -0.05) is 6.07 Å². The zero-order chi connectivity index (χ0) is 20.0. The second-order valence-electron chi connectivity index (χ2n) is 8.00. The Kier molecular flexibility index (Phi) is 4.54. The molecular weight excluding hydrogens is 376 g/mol. The fourth-order valence-corrected chi connectivity index (χ4v) is 4.35. The summed E-state index contributed by atoms with van der Waals surface area (Å²) in [7, 11) is 0. The van der Waals surface area contributed by atoms with E-state index in [1.165, 1.54) is 0 Å². The van der Waals surface area contributed by atoms with Crippen LogP contribution >= 0.6 is 0 Å². The maximum absolute atomic E-state index is 12.9. The van der Waals surface area contributed by atoms with Crippen LogP contribution in [0.25, 0.3) is 0 Å². The summed E-state index contributed by atoms with van der Waals surface area (Å²) >= 11 is 0. The van der Waals surface area contributed by atoms with Gasteiger partial charge in [-0.2, -0.15) is 0 Å². The highest BCUT2D eigenvalue weighted by atomic mass is 16.7. The summed E-state index contributed by atoms with van der Waals surface area (Å²) in [6.45, 7) is 2.40. The molecule has 0 bridgehead atoms. The van der Waals surface area contributed by atoms with Gasteiger partial charge in [-0.05, 0) is 36.5 Å². The lowest BCUT2D eigenvalue weighted by Gasteiger charge is -2.37. The Bertz CT molecular complexity index is 841. The van der Waals surface area contributed by atoms with Crippen LogP contribution in [0, 0.1) is 5.92 Å². The van der Waals surface area contributed by atoms with Crippen molar-refractivity contribution < 1.29 is 23.9 Å². The smallest absolute Gasteiger partial charge is 0.241 e. The Labute approximate surface area is 168 Å². The molecule has 2 N–H and O–H groups in total. The molecule has 0 radical (unpaired) electrons. The molecule has 3 heterocycles. The van der Waals surface area contributed by atoms with E-state index in [0.29, 0.717) is 39.0 Å². The number of ether oxygens (including phenoxy) is 2. The standard InChI is InChI=1S/C20H24N4O5/c25-18-4-2-15(21-22-18)20(27)24-7-5-23(6-8-24)19(26)14-10-13(14)12-1-3-16-17(9-12)29-11-28-16/h1,3,9,13-15,21H,2,4-8,10-11H2,(H,22,25). The van der Waals surface area contributed by atoms with Gasteiger partial charge >= 0.3 is 0 Å². The summed E-state index contributed by atoms with van der Waals surface area (Å²) in [6, 6.07) is 5.52. The molecule has 9 nitrogen and oxygen atoms in total. The quantitative estimate of drug-likeness (QED) is 0.739. The molecule has 29 heavy (non-hydrogen) atoms. The van der Waals surface area contributed by atoms with Crippen LogP contribution in [-0.2, 0) is 14.4 Å². The van der Waals surface area contributed by atoms with E-state index in [0.717, 1.165) is 23.5 Å². The van der Waals surface area contributed by atoms with Crippen LogP contribution in [0.2, 0.25) is 0 Å². The van der Waals surface area contributed by atoms with E-state index in [1.54, 1.807) is 4.90 Å². The van der Waals surface area contributed by atoms with Crippen molar-refractivity contribution in [3.63, 3.8) is 0 Å². The number of amides is 3. The molecule has 1 aromatic rings. The number of benzene rings is 1. The van der Waals surface area contributed by atoms with Gasteiger partial charge in [0.1, 0.15) is 6.04 Å². The van der Waals surface area contributed by atoms with E-state index >= 15 is 0 Å². The maximum Gasteiger partial charge on any atom is 0.241 e. The number of carbonyl (C=O) groups is 3. The Hall–Kier alpha value is -2.81. The van der Waals surface area contributed by atoms with E-state index in [-0.39, 0.29) is 42.4 Å². The van der Waals surface area contributed by atoms with Gasteiger partial charge in [0.05, 0.1) is 0 Å². The predicted molar refractivity (Wildman–Crippen MR) is 101 cm³/mol. The molecule has 1 aromatic carbocycles. The zero-order valence-corrected chi connectivity index (χ0v) is 16.1. The van der Waals surface area contributed by atoms with Gasteiger partial charge in [-0.3, -0.25) is 19.8 Å². The zero-order valence-electron chi connectivity index (χ0n) is 16.1. The largest absolute Gasteiger partial charge is 0.454 e. The van der Waals surface area contributed by atoms with E-state index < -0.39 is 0 Å². The Balaban J connectivity index is 1.13. The first-order valence-electron chi connectivity index (χ1n) is 10.1. The van der Waals surface area contributed by atoms with Crippen LogP contribution in [-0.4, -0.2) is 66.5 Å². The van der Waals surface area contributed by atoms with Gasteiger partial charge in [-0.25, -0.2) is 5.43 Å². The fourth-order valence-electron chi connectivity index (χ4n) is 4.35. The van der Waals surface area contributed by atoms with Gasteiger partial charge in [0.15, 0.2) is 11.5 Å². The molecule has 3 amide bonds. The summed E-state index contributed by atoms with van der Waals surface area (Å²) in [5, 5.41) is 0. The Morgan fingerprint density at radius 1 is 1.00 bits per heavy atom. The molecule has 1 saturated carbocycles. The molecule has 4 aliphatic rings. The monoisotopic (exact) mass is 400 g/mol. The van der Waals surface area contributed by atoms with Gasteiger partial charge in [-0.15, -0.1) is 0 Å². The third-order valence-electron chi connectivity index (χ3n) is 6.18. The summed E-state index contributed by atoms with van der Waals surface area (Å²) < 4.78 is 10.8. The van der Waals surface area contributed by atoms with E-state index in [1.807, 2.05) is 23.1 Å². The van der Waals surface area contributed by atoms with Crippen molar-refractivity contribution in [1.29, 1.82) is 0 Å². The summed E-state index contributed by atoms with van der Waals surface area (Å²) in [5.41, 5.74) is 6.42. The van der Waals surface area contributed by atoms with Crippen molar-refractivity contribution >= 4 is 17.7 Å². The first-order valence-corrected chi connectivity index (χ1v) is 10.1. The second kappa shape index (κ2) is 7.22. The molecule has 0 spiro atoms. The van der Waals surface area contributed by atoms with Crippen LogP contribution in [0.1, 0.15) is 30.7 Å². The highest BCUT2D eigenvalue weighted by molar-refractivity contribution is 5.86. The van der Waals surface area contributed by atoms with Crippen molar-refractivity contribution in [2.45, 2.75) is 31.2 Å². The lowest BCUT2D eigenvalue weighted by Crippen LogP contribution is -2.59. The highest BCUT2D eigenvalue weighted by Crippen LogP contribution is 2.50. The fraction of sp³-hybridized carbons (Fsp3) is 0.550. The van der Waals surface area contributed by atoms with Crippen LogP contribution in [0.15, 0.2) is 18.2 Å². The lowest BCUT2D eigenvalue weighted by atomic mass is 10.1. The number of hydrogen-bond donors (Lipinski definition) is 2. The molecule has 5 rings (SSSR count). The molecule has 3 atom stereocenters. The highest BCUT2D eigenvalue weighted by Gasteiger charge is 2.46. The topological polar surface area (TPSA) is 100 Å². The number of rotatable bonds is 3. The van der Waals surface area contributed by atoms with Gasteiger partial charge in [0.25, 0.3) is 0 Å². The lowest BCUT2D eigenvalue weighted by molar-refractivity contribution is -0.143. The normalized spacial score (nSPS) is 28.1. The number of fused-ring (bicyclic) bond motifs is 1. The Morgan fingerprint density at radius 3 is 2.45 bits per heavy atom. The SMILES string of the molecule is O=C1CCC(C(=O)N2CCN(C(=O)C3CC3c3ccc4c(c3)OCO4)CC2)NN1. The van der Waals surface area contributed by atoms with Crippen molar-refractivity contribution in [1.82, 2.24) is 20.7 Å². The minimum atomic E-state index is -0.381. The first-order chi connectivity index (χ1) is 14.1. The van der Waals surface area contributed by atoms with E-state index in [2.05, 4.69) is 10.9 Å². The maximum atomic E-state index is 12.9. The van der Waals surface area contributed by atoms with Crippen LogP contribution in [0.3, 0.4) is 0 Å². The van der Waals surface area contributed by atoms with Gasteiger partial charge in [0.2, 0.25) is 24.5 Å². The minimum Gasteiger partial charge on any atom is -0.454 e. The van der Waals surface area contributed by atoms with Gasteiger partial charge < -0.3 is 19.3 Å². The van der Waals surface area contributed by atoms with Crippen LogP contribution in [0.5, 0.6) is 11.5 Å². The molecular formula is C20H24N4O5. The van der Waals surface area contributed by atoms with Crippen molar-refractivity contribution in [3.8, 4) is 11.5 Å². The number of nitrogens with one attached hydrogen (secondary N) is 2. The van der Waals surface area contributed by atoms with Crippen LogP contribution in [0.4, 0.5) is 0 Å². The Morgan fingerprint density at radius 2 is 1.72 bits per heavy atom. The molecule has 1 aliphatic carbocycles. The number of hydrogen-bond acceptors (Lipinski definition) is 6. The van der Waals surface area contributed by atoms with E-state index in [9.17, 15) is 14.4 Å². The molecule has 3 aliphatic heterocycles.